The molecule has 0 aliphatic heterocycles. The molecule has 0 aliphatic carbocycles. The van der Waals surface area contributed by atoms with Crippen molar-refractivity contribution >= 4 is 17.9 Å². The van der Waals surface area contributed by atoms with Gasteiger partial charge in [0.05, 0.1) is 0 Å². The van der Waals surface area contributed by atoms with Crippen LogP contribution in [0.3, 0.4) is 0 Å². The third kappa shape index (κ3) is 8.34. The zero-order chi connectivity index (χ0) is 27.9. The number of alkyl carbamates (subject to hydrolysis) is 1. The molecule has 202 valence electrons. The van der Waals surface area contributed by atoms with Gasteiger partial charge in [-0.25, -0.2) is 4.79 Å². The van der Waals surface area contributed by atoms with Crippen LogP contribution < -0.4 is 10.6 Å². The number of benzene rings is 2. The molecule has 2 rings (SSSR count). The predicted molar refractivity (Wildman–Crippen MR) is 147 cm³/mol. The smallest absolute Gasteiger partial charge is 0.408 e. The molecule has 2 N–H and O–H groups in total. The Hall–Kier alpha value is -3.35. The van der Waals surface area contributed by atoms with Crippen molar-refractivity contribution in [1.82, 2.24) is 15.5 Å². The second kappa shape index (κ2) is 12.7. The summed E-state index contributed by atoms with van der Waals surface area (Å²) in [5, 5.41) is 5.78. The normalized spacial score (nSPS) is 13.2. The molecule has 7 nitrogen and oxygen atoms in total. The molecule has 2 atom stereocenters. The number of hydrogen-bond donors (Lipinski definition) is 2. The third-order valence-electron chi connectivity index (χ3n) is 6.19. The van der Waals surface area contributed by atoms with Crippen LogP contribution in [0.25, 0.3) is 0 Å². The van der Waals surface area contributed by atoms with Crippen molar-refractivity contribution in [3.63, 3.8) is 0 Å². The van der Waals surface area contributed by atoms with Crippen molar-refractivity contribution in [3.8, 4) is 0 Å². The van der Waals surface area contributed by atoms with E-state index in [9.17, 15) is 14.4 Å². The number of ether oxygens (including phenoxy) is 1. The summed E-state index contributed by atoms with van der Waals surface area (Å²) in [6.45, 7) is 17.1. The van der Waals surface area contributed by atoms with Crippen molar-refractivity contribution in [3.05, 3.63) is 70.8 Å². The van der Waals surface area contributed by atoms with Gasteiger partial charge in [0.25, 0.3) is 0 Å². The molecular formula is C30H43N3O4. The van der Waals surface area contributed by atoms with E-state index >= 15 is 0 Å². The summed E-state index contributed by atoms with van der Waals surface area (Å²) < 4.78 is 5.42. The van der Waals surface area contributed by atoms with E-state index in [-0.39, 0.29) is 23.8 Å². The fourth-order valence-electron chi connectivity index (χ4n) is 4.16. The zero-order valence-electron chi connectivity index (χ0n) is 23.7. The van der Waals surface area contributed by atoms with Crippen LogP contribution in [0, 0.1) is 19.8 Å². The second-order valence-electron chi connectivity index (χ2n) is 11.1. The first-order chi connectivity index (χ1) is 17.2. The number of amides is 3. The largest absolute Gasteiger partial charge is 0.444 e. The van der Waals surface area contributed by atoms with E-state index in [1.807, 2.05) is 90.1 Å². The lowest BCUT2D eigenvalue weighted by molar-refractivity contribution is -0.145. The summed E-state index contributed by atoms with van der Waals surface area (Å²) >= 11 is 0. The standard InChI is InChI=1S/C30H43N3O4/c1-19(2)25(32-29(36)37-30(7,8)9)28(35)33(20(3)4)26(24-17-13-14-21(5)22(24)6)27(34)31-18-23-15-11-10-12-16-23/h10-17,19-20,25-26H,18H2,1-9H3,(H,31,34)(H,32,36). The van der Waals surface area contributed by atoms with E-state index in [0.717, 1.165) is 22.3 Å². The summed E-state index contributed by atoms with van der Waals surface area (Å²) in [5.41, 5.74) is 2.99. The molecule has 37 heavy (non-hydrogen) atoms. The van der Waals surface area contributed by atoms with Gasteiger partial charge in [0.15, 0.2) is 0 Å². The van der Waals surface area contributed by atoms with Crippen molar-refractivity contribution in [2.24, 2.45) is 5.92 Å². The Kier molecular flexibility index (Phi) is 10.3. The SMILES string of the molecule is Cc1cccc(C(C(=O)NCc2ccccc2)N(C(=O)C(NC(=O)OC(C)(C)C)C(C)C)C(C)C)c1C. The van der Waals surface area contributed by atoms with Crippen LogP contribution in [0.15, 0.2) is 48.5 Å². The highest BCUT2D eigenvalue weighted by atomic mass is 16.6. The number of nitrogens with zero attached hydrogens (tertiary/aromatic N) is 1. The summed E-state index contributed by atoms with van der Waals surface area (Å²) in [4.78, 5) is 42.1. The first-order valence-corrected chi connectivity index (χ1v) is 12.9. The minimum atomic E-state index is -0.877. The summed E-state index contributed by atoms with van der Waals surface area (Å²) in [5.74, 6) is -0.844. The molecule has 0 radical (unpaired) electrons. The Morgan fingerprint density at radius 1 is 0.919 bits per heavy atom. The number of nitrogens with one attached hydrogen (secondary N) is 2. The van der Waals surface area contributed by atoms with Gasteiger partial charge in [0.1, 0.15) is 17.7 Å². The Morgan fingerprint density at radius 3 is 2.08 bits per heavy atom. The molecule has 0 bridgehead atoms. The first kappa shape index (κ1) is 29.9. The monoisotopic (exact) mass is 509 g/mol. The van der Waals surface area contributed by atoms with E-state index in [4.69, 9.17) is 4.74 Å². The molecule has 0 heterocycles. The van der Waals surface area contributed by atoms with Gasteiger partial charge in [-0.15, -0.1) is 0 Å². The average Bonchev–Trinajstić information content (AvgIpc) is 2.80. The number of carbonyl (C=O) groups excluding carboxylic acids is 3. The maximum absolute atomic E-state index is 14.1. The number of hydrogen-bond acceptors (Lipinski definition) is 4. The molecule has 0 saturated carbocycles. The first-order valence-electron chi connectivity index (χ1n) is 12.9. The van der Waals surface area contributed by atoms with Crippen LogP contribution in [0.2, 0.25) is 0 Å². The lowest BCUT2D eigenvalue weighted by atomic mass is 9.93. The third-order valence-corrected chi connectivity index (χ3v) is 6.19. The molecule has 0 fully saturated rings. The Balaban J connectivity index is 2.49. The molecule has 2 aromatic rings. The van der Waals surface area contributed by atoms with Crippen LogP contribution in [0.4, 0.5) is 4.79 Å². The highest BCUT2D eigenvalue weighted by molar-refractivity contribution is 5.92. The maximum Gasteiger partial charge on any atom is 0.408 e. The Bertz CT molecular complexity index is 1070. The summed E-state index contributed by atoms with van der Waals surface area (Å²) in [6, 6.07) is 13.4. The van der Waals surface area contributed by atoms with Crippen molar-refractivity contribution in [1.29, 1.82) is 0 Å². The number of rotatable bonds is 9. The molecule has 2 unspecified atom stereocenters. The van der Waals surface area contributed by atoms with E-state index in [0.29, 0.717) is 6.54 Å². The van der Waals surface area contributed by atoms with Gasteiger partial charge >= 0.3 is 6.09 Å². The van der Waals surface area contributed by atoms with Gasteiger partial charge in [-0.1, -0.05) is 62.4 Å². The van der Waals surface area contributed by atoms with Gasteiger partial charge in [-0.2, -0.15) is 0 Å². The van der Waals surface area contributed by atoms with Gasteiger partial charge in [-0.05, 0) is 76.6 Å². The van der Waals surface area contributed by atoms with Gasteiger partial charge in [0, 0.05) is 12.6 Å². The zero-order valence-corrected chi connectivity index (χ0v) is 23.7. The van der Waals surface area contributed by atoms with E-state index in [1.165, 1.54) is 0 Å². The molecule has 0 spiro atoms. The minimum Gasteiger partial charge on any atom is -0.444 e. The average molecular weight is 510 g/mol. The highest BCUT2D eigenvalue weighted by Crippen LogP contribution is 2.30. The summed E-state index contributed by atoms with van der Waals surface area (Å²) in [7, 11) is 0. The molecule has 0 aliphatic rings. The topological polar surface area (TPSA) is 87.7 Å². The van der Waals surface area contributed by atoms with Gasteiger partial charge in [0.2, 0.25) is 11.8 Å². The van der Waals surface area contributed by atoms with E-state index in [2.05, 4.69) is 10.6 Å². The Labute approximate surface area is 222 Å². The second-order valence-corrected chi connectivity index (χ2v) is 11.1. The molecular weight excluding hydrogens is 466 g/mol. The fraction of sp³-hybridized carbons (Fsp3) is 0.500. The molecule has 7 heteroatoms. The lowest BCUT2D eigenvalue weighted by Gasteiger charge is -2.38. The van der Waals surface area contributed by atoms with E-state index in [1.54, 1.807) is 25.7 Å². The van der Waals surface area contributed by atoms with E-state index < -0.39 is 23.8 Å². The van der Waals surface area contributed by atoms with Crippen LogP contribution in [-0.2, 0) is 20.9 Å². The summed E-state index contributed by atoms with van der Waals surface area (Å²) in [6.07, 6.45) is -0.667. The van der Waals surface area contributed by atoms with Crippen LogP contribution in [-0.4, -0.2) is 40.5 Å². The van der Waals surface area contributed by atoms with Crippen LogP contribution in [0.1, 0.15) is 76.8 Å². The molecule has 0 aromatic heterocycles. The Morgan fingerprint density at radius 2 is 1.54 bits per heavy atom. The fourth-order valence-corrected chi connectivity index (χ4v) is 4.16. The minimum absolute atomic E-state index is 0.229. The number of aryl methyl sites for hydroxylation is 1. The number of carbonyl (C=O) groups is 3. The van der Waals surface area contributed by atoms with Crippen LogP contribution in [0.5, 0.6) is 0 Å². The van der Waals surface area contributed by atoms with Crippen molar-refractivity contribution < 1.29 is 19.1 Å². The van der Waals surface area contributed by atoms with Gasteiger partial charge < -0.3 is 20.3 Å². The quantitative estimate of drug-likeness (QED) is 0.471. The molecule has 3 amide bonds. The molecule has 2 aromatic carbocycles. The highest BCUT2D eigenvalue weighted by Gasteiger charge is 2.39. The lowest BCUT2D eigenvalue weighted by Crippen LogP contribution is -2.56. The van der Waals surface area contributed by atoms with Crippen molar-refractivity contribution in [2.75, 3.05) is 0 Å². The van der Waals surface area contributed by atoms with Gasteiger partial charge in [-0.3, -0.25) is 9.59 Å². The van der Waals surface area contributed by atoms with Crippen molar-refractivity contribution in [2.45, 2.75) is 92.6 Å². The maximum atomic E-state index is 14.1. The van der Waals surface area contributed by atoms with Crippen LogP contribution >= 0.6 is 0 Å². The predicted octanol–water partition coefficient (Wildman–Crippen LogP) is 5.45. The molecule has 0 saturated heterocycles.